The standard InChI is InChI=1S/C6H7ClO3/c1-9-6(8)10-5-3-2-4-7/h4-5H2,1H3. The predicted molar refractivity (Wildman–Crippen MR) is 36.9 cm³/mol. The zero-order valence-electron chi connectivity index (χ0n) is 5.52. The SMILES string of the molecule is COC(=O)OCC#CCCl. The lowest BCUT2D eigenvalue weighted by atomic mass is 10.6. The van der Waals surface area contributed by atoms with Crippen molar-refractivity contribution >= 4 is 17.8 Å². The zero-order valence-corrected chi connectivity index (χ0v) is 6.27. The van der Waals surface area contributed by atoms with Crippen LogP contribution in [0, 0.1) is 11.8 Å². The highest BCUT2D eigenvalue weighted by atomic mass is 35.5. The molecule has 0 aromatic carbocycles. The molecule has 4 heteroatoms. The number of carbonyl (C=O) groups excluding carboxylic acids is 1. The first-order valence-electron chi connectivity index (χ1n) is 2.53. The summed E-state index contributed by atoms with van der Waals surface area (Å²) in [6.45, 7) is 0.0272. The second-order valence-electron chi connectivity index (χ2n) is 1.23. The van der Waals surface area contributed by atoms with Crippen LogP contribution in [0.1, 0.15) is 0 Å². The van der Waals surface area contributed by atoms with Gasteiger partial charge in [0.15, 0.2) is 6.61 Å². The fourth-order valence-corrected chi connectivity index (χ4v) is 0.347. The second kappa shape index (κ2) is 6.24. The van der Waals surface area contributed by atoms with E-state index in [2.05, 4.69) is 21.3 Å². The van der Waals surface area contributed by atoms with E-state index < -0.39 is 6.16 Å². The molecule has 3 nitrogen and oxygen atoms in total. The Kier molecular flexibility index (Phi) is 5.69. The van der Waals surface area contributed by atoms with Gasteiger partial charge in [0, 0.05) is 0 Å². The van der Waals surface area contributed by atoms with Gasteiger partial charge in [0.25, 0.3) is 0 Å². The lowest BCUT2D eigenvalue weighted by molar-refractivity contribution is 0.0833. The molecule has 10 heavy (non-hydrogen) atoms. The molecule has 0 radical (unpaired) electrons. The van der Waals surface area contributed by atoms with Crippen LogP contribution in [0.5, 0.6) is 0 Å². The molecule has 0 aliphatic heterocycles. The van der Waals surface area contributed by atoms with Gasteiger partial charge in [0.2, 0.25) is 0 Å². The summed E-state index contributed by atoms with van der Waals surface area (Å²) in [6, 6.07) is 0. The van der Waals surface area contributed by atoms with Crippen LogP contribution in [0.2, 0.25) is 0 Å². The van der Waals surface area contributed by atoms with Gasteiger partial charge in [-0.3, -0.25) is 0 Å². The molecule has 0 aromatic rings. The maximum atomic E-state index is 10.2. The Labute approximate surface area is 64.3 Å². The Morgan fingerprint density at radius 3 is 2.80 bits per heavy atom. The molecule has 0 N–H and O–H groups in total. The monoisotopic (exact) mass is 162 g/mol. The third-order valence-corrected chi connectivity index (χ3v) is 0.754. The van der Waals surface area contributed by atoms with Crippen LogP contribution in [-0.4, -0.2) is 25.8 Å². The smallest absolute Gasteiger partial charge is 0.438 e. The van der Waals surface area contributed by atoms with E-state index in [1.807, 2.05) is 0 Å². The van der Waals surface area contributed by atoms with Crippen LogP contribution in [0.15, 0.2) is 0 Å². The number of ether oxygens (including phenoxy) is 2. The molecule has 0 spiro atoms. The van der Waals surface area contributed by atoms with Gasteiger partial charge < -0.3 is 9.47 Å². The summed E-state index contributed by atoms with van der Waals surface area (Å²) in [7, 11) is 1.23. The third kappa shape index (κ3) is 5.26. The molecule has 0 aliphatic carbocycles. The number of hydrogen-bond acceptors (Lipinski definition) is 3. The molecule has 0 amide bonds. The first-order chi connectivity index (χ1) is 4.81. The molecular weight excluding hydrogens is 156 g/mol. The number of halogens is 1. The van der Waals surface area contributed by atoms with Crippen molar-refractivity contribution in [3.05, 3.63) is 0 Å². The minimum atomic E-state index is -0.733. The van der Waals surface area contributed by atoms with Crippen LogP contribution in [-0.2, 0) is 9.47 Å². The Balaban J connectivity index is 3.27. The summed E-state index contributed by atoms with van der Waals surface area (Å²) in [5, 5.41) is 0. The molecule has 0 saturated heterocycles. The zero-order chi connectivity index (χ0) is 7.82. The van der Waals surface area contributed by atoms with Crippen LogP contribution in [0.3, 0.4) is 0 Å². The first kappa shape index (κ1) is 9.12. The van der Waals surface area contributed by atoms with Crippen molar-refractivity contribution in [1.82, 2.24) is 0 Å². The summed E-state index contributed by atoms with van der Waals surface area (Å²) < 4.78 is 8.57. The maximum Gasteiger partial charge on any atom is 0.508 e. The van der Waals surface area contributed by atoms with E-state index in [0.717, 1.165) is 0 Å². The number of rotatable bonds is 1. The van der Waals surface area contributed by atoms with E-state index in [9.17, 15) is 4.79 Å². The molecule has 0 bridgehead atoms. The summed E-state index contributed by atoms with van der Waals surface area (Å²) in [4.78, 5) is 10.2. The molecule has 0 unspecified atom stereocenters. The molecule has 0 aromatic heterocycles. The quantitative estimate of drug-likeness (QED) is 0.328. The normalized spacial score (nSPS) is 7.40. The van der Waals surface area contributed by atoms with E-state index in [4.69, 9.17) is 11.6 Å². The van der Waals surface area contributed by atoms with Crippen LogP contribution in [0.25, 0.3) is 0 Å². The van der Waals surface area contributed by atoms with E-state index in [0.29, 0.717) is 0 Å². The fraction of sp³-hybridized carbons (Fsp3) is 0.500. The van der Waals surface area contributed by atoms with Gasteiger partial charge in [0.1, 0.15) is 0 Å². The van der Waals surface area contributed by atoms with Crippen molar-refractivity contribution in [3.63, 3.8) is 0 Å². The lowest BCUT2D eigenvalue weighted by Gasteiger charge is -1.94. The number of methoxy groups -OCH3 is 1. The molecule has 0 heterocycles. The third-order valence-electron chi connectivity index (χ3n) is 0.621. The highest BCUT2D eigenvalue weighted by Crippen LogP contribution is 1.79. The van der Waals surface area contributed by atoms with Gasteiger partial charge >= 0.3 is 6.16 Å². The second-order valence-corrected chi connectivity index (χ2v) is 1.50. The number of alkyl halides is 1. The highest BCUT2D eigenvalue weighted by Gasteiger charge is 1.94. The molecule has 0 atom stereocenters. The van der Waals surface area contributed by atoms with Crippen LogP contribution in [0.4, 0.5) is 4.79 Å². The van der Waals surface area contributed by atoms with Gasteiger partial charge in [-0.25, -0.2) is 4.79 Å². The van der Waals surface area contributed by atoms with Crippen molar-refractivity contribution in [2.24, 2.45) is 0 Å². The van der Waals surface area contributed by atoms with Crippen molar-refractivity contribution in [2.45, 2.75) is 0 Å². The Morgan fingerprint density at radius 1 is 1.60 bits per heavy atom. The Bertz CT molecular complexity index is 156. The average Bonchev–Trinajstić information content (AvgIpc) is 1.98. The largest absolute Gasteiger partial charge is 0.508 e. The Hall–Kier alpha value is -0.880. The van der Waals surface area contributed by atoms with E-state index in [1.54, 1.807) is 0 Å². The molecule has 56 valence electrons. The van der Waals surface area contributed by atoms with E-state index in [1.165, 1.54) is 7.11 Å². The van der Waals surface area contributed by atoms with Crippen molar-refractivity contribution < 1.29 is 14.3 Å². The van der Waals surface area contributed by atoms with Gasteiger partial charge in [-0.1, -0.05) is 11.8 Å². The maximum absolute atomic E-state index is 10.2. The number of hydrogen-bond donors (Lipinski definition) is 0. The fourth-order valence-electron chi connectivity index (χ4n) is 0.252. The summed E-state index contributed by atoms with van der Waals surface area (Å²) in [5.41, 5.74) is 0. The van der Waals surface area contributed by atoms with E-state index >= 15 is 0 Å². The molecular formula is C6H7ClO3. The van der Waals surface area contributed by atoms with Crippen molar-refractivity contribution in [2.75, 3.05) is 19.6 Å². The van der Waals surface area contributed by atoms with Gasteiger partial charge in [-0.2, -0.15) is 0 Å². The van der Waals surface area contributed by atoms with Crippen LogP contribution >= 0.6 is 11.6 Å². The average molecular weight is 163 g/mol. The summed E-state index contributed by atoms with van der Waals surface area (Å²) in [6.07, 6.45) is -0.733. The topological polar surface area (TPSA) is 35.5 Å². The number of carbonyl (C=O) groups is 1. The van der Waals surface area contributed by atoms with Crippen molar-refractivity contribution in [3.8, 4) is 11.8 Å². The molecule has 0 fully saturated rings. The van der Waals surface area contributed by atoms with Crippen molar-refractivity contribution in [1.29, 1.82) is 0 Å². The van der Waals surface area contributed by atoms with Gasteiger partial charge in [-0.05, 0) is 0 Å². The lowest BCUT2D eigenvalue weighted by Crippen LogP contribution is -2.03. The molecule has 0 aliphatic rings. The van der Waals surface area contributed by atoms with Gasteiger partial charge in [-0.15, -0.1) is 11.6 Å². The Morgan fingerprint density at radius 2 is 2.30 bits per heavy atom. The van der Waals surface area contributed by atoms with Crippen LogP contribution < -0.4 is 0 Å². The van der Waals surface area contributed by atoms with Gasteiger partial charge in [0.05, 0.1) is 13.0 Å². The summed E-state index contributed by atoms with van der Waals surface area (Å²) >= 11 is 5.21. The highest BCUT2D eigenvalue weighted by molar-refractivity contribution is 6.19. The molecule has 0 saturated carbocycles. The predicted octanol–water partition coefficient (Wildman–Crippen LogP) is 1.01. The minimum Gasteiger partial charge on any atom is -0.438 e. The first-order valence-corrected chi connectivity index (χ1v) is 3.07. The summed E-state index contributed by atoms with van der Waals surface area (Å²) in [5.74, 6) is 5.25. The minimum absolute atomic E-state index is 0.0272. The molecule has 0 rings (SSSR count). The van der Waals surface area contributed by atoms with E-state index in [-0.39, 0.29) is 12.5 Å².